The van der Waals surface area contributed by atoms with Crippen LogP contribution in [-0.2, 0) is 11.2 Å². The Morgan fingerprint density at radius 1 is 1.18 bits per heavy atom. The van der Waals surface area contributed by atoms with E-state index in [4.69, 9.17) is 4.74 Å². The molecule has 1 saturated carbocycles. The molecule has 0 bridgehead atoms. The molecule has 38 heavy (non-hydrogen) atoms. The van der Waals surface area contributed by atoms with Gasteiger partial charge in [0, 0.05) is 37.7 Å². The SMILES string of the molecule is C=CN(/C=C(\C)CN(C(=O)OC(C)(C)C)C1CC1C1=CC=C(C)C(F)C1)CCCc1ccc(C(=C)C)cc1. The summed E-state index contributed by atoms with van der Waals surface area (Å²) in [4.78, 5) is 17.1. The highest BCUT2D eigenvalue weighted by molar-refractivity contribution is 5.70. The summed E-state index contributed by atoms with van der Waals surface area (Å²) in [6, 6.07) is 8.60. The first-order chi connectivity index (χ1) is 17.9. The van der Waals surface area contributed by atoms with Crippen LogP contribution in [0.1, 0.15) is 71.9 Å². The largest absolute Gasteiger partial charge is 0.444 e. The van der Waals surface area contributed by atoms with Crippen LogP contribution in [0, 0.1) is 5.92 Å². The molecule has 2 aliphatic carbocycles. The molecule has 1 fully saturated rings. The first kappa shape index (κ1) is 29.5. The average Bonchev–Trinajstić information content (AvgIpc) is 3.63. The molecule has 2 aliphatic rings. The van der Waals surface area contributed by atoms with E-state index in [9.17, 15) is 9.18 Å². The van der Waals surface area contributed by atoms with Gasteiger partial charge in [0.15, 0.2) is 0 Å². The molecule has 4 nitrogen and oxygen atoms in total. The molecule has 206 valence electrons. The second-order valence-corrected chi connectivity index (χ2v) is 11.8. The number of aryl methyl sites for hydroxylation is 1. The van der Waals surface area contributed by atoms with Gasteiger partial charge in [0.2, 0.25) is 0 Å². The van der Waals surface area contributed by atoms with Crippen molar-refractivity contribution in [1.29, 1.82) is 0 Å². The van der Waals surface area contributed by atoms with E-state index in [0.29, 0.717) is 13.0 Å². The maximum absolute atomic E-state index is 14.3. The predicted octanol–water partition coefficient (Wildman–Crippen LogP) is 8.24. The molecule has 1 aromatic rings. The number of nitrogens with zero attached hydrogens (tertiary/aromatic N) is 2. The van der Waals surface area contributed by atoms with Crippen molar-refractivity contribution in [2.75, 3.05) is 13.1 Å². The first-order valence-corrected chi connectivity index (χ1v) is 13.7. The van der Waals surface area contributed by atoms with Crippen molar-refractivity contribution in [3.8, 4) is 0 Å². The van der Waals surface area contributed by atoms with E-state index >= 15 is 0 Å². The Balaban J connectivity index is 1.63. The van der Waals surface area contributed by atoms with Crippen molar-refractivity contribution >= 4 is 11.7 Å². The van der Waals surface area contributed by atoms with Gasteiger partial charge in [-0.2, -0.15) is 0 Å². The first-order valence-electron chi connectivity index (χ1n) is 13.7. The Hall–Kier alpha value is -3.08. The van der Waals surface area contributed by atoms with E-state index in [1.165, 1.54) is 11.1 Å². The second kappa shape index (κ2) is 12.6. The number of carbonyl (C=O) groups is 1. The van der Waals surface area contributed by atoms with Crippen molar-refractivity contribution in [2.45, 2.75) is 85.0 Å². The van der Waals surface area contributed by atoms with Crippen LogP contribution in [0.15, 0.2) is 78.7 Å². The molecule has 3 rings (SSSR count). The molecule has 0 heterocycles. The fourth-order valence-corrected chi connectivity index (χ4v) is 4.84. The van der Waals surface area contributed by atoms with Gasteiger partial charge >= 0.3 is 6.09 Å². The molecular formula is C33H45FN2O2. The highest BCUT2D eigenvalue weighted by atomic mass is 19.1. The van der Waals surface area contributed by atoms with Crippen LogP contribution in [-0.4, -0.2) is 46.8 Å². The zero-order valence-electron chi connectivity index (χ0n) is 24.1. The van der Waals surface area contributed by atoms with Gasteiger partial charge in [-0.15, -0.1) is 0 Å². The Bertz CT molecular complexity index is 1110. The van der Waals surface area contributed by atoms with Gasteiger partial charge in [-0.1, -0.05) is 60.7 Å². The Morgan fingerprint density at radius 2 is 1.87 bits per heavy atom. The van der Waals surface area contributed by atoms with Gasteiger partial charge in [-0.3, -0.25) is 0 Å². The molecule has 1 amide bonds. The number of rotatable bonds is 11. The number of alkyl halides is 1. The molecular weight excluding hydrogens is 475 g/mol. The maximum Gasteiger partial charge on any atom is 0.410 e. The Labute approximate surface area is 229 Å². The van der Waals surface area contributed by atoms with Crippen molar-refractivity contribution in [3.05, 3.63) is 89.8 Å². The lowest BCUT2D eigenvalue weighted by Crippen LogP contribution is -2.40. The average molecular weight is 521 g/mol. The van der Waals surface area contributed by atoms with Crippen LogP contribution < -0.4 is 0 Å². The fourth-order valence-electron chi connectivity index (χ4n) is 4.84. The predicted molar refractivity (Wildman–Crippen MR) is 156 cm³/mol. The molecule has 0 aliphatic heterocycles. The summed E-state index contributed by atoms with van der Waals surface area (Å²) in [7, 11) is 0. The van der Waals surface area contributed by atoms with Crippen molar-refractivity contribution in [2.24, 2.45) is 5.92 Å². The van der Waals surface area contributed by atoms with E-state index in [0.717, 1.165) is 48.1 Å². The zero-order valence-corrected chi connectivity index (χ0v) is 24.1. The van der Waals surface area contributed by atoms with Crippen molar-refractivity contribution < 1.29 is 13.9 Å². The highest BCUT2D eigenvalue weighted by Gasteiger charge is 2.47. The standard InChI is InChI=1S/C33H45FN2O2/c1-9-35(18-10-11-26-13-16-27(17-14-26)23(2)3)21-24(4)22-36(32(37)38-33(6,7)8)31-20-29(31)28-15-12-25(5)30(34)19-28/h9,12-17,21,29-31H,1-2,10-11,18-20,22H2,3-8H3/b24-21+. The third kappa shape index (κ3) is 8.47. The van der Waals surface area contributed by atoms with Gasteiger partial charge in [0.25, 0.3) is 0 Å². The number of amides is 1. The summed E-state index contributed by atoms with van der Waals surface area (Å²) in [5.41, 5.74) is 5.86. The minimum Gasteiger partial charge on any atom is -0.444 e. The van der Waals surface area contributed by atoms with Crippen molar-refractivity contribution in [3.63, 3.8) is 0 Å². The van der Waals surface area contributed by atoms with Crippen LogP contribution in [0.3, 0.4) is 0 Å². The molecule has 0 spiro atoms. The summed E-state index contributed by atoms with van der Waals surface area (Å²) >= 11 is 0. The third-order valence-electron chi connectivity index (χ3n) is 7.10. The number of hydrogen-bond donors (Lipinski definition) is 0. The van der Waals surface area contributed by atoms with Crippen LogP contribution in [0.5, 0.6) is 0 Å². The molecule has 3 unspecified atom stereocenters. The molecule has 0 radical (unpaired) electrons. The summed E-state index contributed by atoms with van der Waals surface area (Å²) in [5.74, 6) is 0.185. The normalized spacial score (nSPS) is 21.2. The van der Waals surface area contributed by atoms with E-state index in [1.807, 2.05) is 64.8 Å². The van der Waals surface area contributed by atoms with Crippen LogP contribution >= 0.6 is 0 Å². The summed E-state index contributed by atoms with van der Waals surface area (Å²) in [5, 5.41) is 0. The maximum atomic E-state index is 14.3. The minimum atomic E-state index is -0.932. The summed E-state index contributed by atoms with van der Waals surface area (Å²) in [6.45, 7) is 20.8. The van der Waals surface area contributed by atoms with E-state index in [-0.39, 0.29) is 18.1 Å². The van der Waals surface area contributed by atoms with Gasteiger partial charge in [-0.05, 0) is 89.3 Å². The second-order valence-electron chi connectivity index (χ2n) is 11.8. The number of allylic oxidation sites excluding steroid dienone is 4. The van der Waals surface area contributed by atoms with Crippen LogP contribution in [0.2, 0.25) is 0 Å². The molecule has 0 aromatic heterocycles. The Kier molecular flexibility index (Phi) is 9.81. The molecule has 5 heteroatoms. The summed E-state index contributed by atoms with van der Waals surface area (Å²) < 4.78 is 20.1. The lowest BCUT2D eigenvalue weighted by molar-refractivity contribution is 0.0244. The van der Waals surface area contributed by atoms with Crippen LogP contribution in [0.25, 0.3) is 5.57 Å². The minimum absolute atomic E-state index is 0.0258. The van der Waals surface area contributed by atoms with Gasteiger partial charge in [-0.25, -0.2) is 9.18 Å². The zero-order chi connectivity index (χ0) is 28.0. The molecule has 3 atom stereocenters. The van der Waals surface area contributed by atoms with E-state index < -0.39 is 11.8 Å². The quantitative estimate of drug-likeness (QED) is 0.294. The number of hydrogen-bond acceptors (Lipinski definition) is 3. The monoisotopic (exact) mass is 520 g/mol. The van der Waals surface area contributed by atoms with E-state index in [2.05, 4.69) is 48.5 Å². The smallest absolute Gasteiger partial charge is 0.410 e. The lowest BCUT2D eigenvalue weighted by Gasteiger charge is -2.29. The molecule has 0 N–H and O–H groups in total. The fraction of sp³-hybridized carbons (Fsp3) is 0.485. The molecule has 1 aromatic carbocycles. The highest BCUT2D eigenvalue weighted by Crippen LogP contribution is 2.45. The van der Waals surface area contributed by atoms with E-state index in [1.54, 1.807) is 0 Å². The van der Waals surface area contributed by atoms with Crippen molar-refractivity contribution in [1.82, 2.24) is 9.80 Å². The molecule has 0 saturated heterocycles. The Morgan fingerprint density at radius 3 is 2.45 bits per heavy atom. The van der Waals surface area contributed by atoms with Gasteiger partial charge in [0.05, 0.1) is 0 Å². The number of benzene rings is 1. The van der Waals surface area contributed by atoms with Gasteiger partial charge in [0.1, 0.15) is 11.8 Å². The lowest BCUT2D eigenvalue weighted by atomic mass is 9.94. The summed E-state index contributed by atoms with van der Waals surface area (Å²) in [6.07, 6.45) is 9.77. The topological polar surface area (TPSA) is 32.8 Å². The number of carbonyl (C=O) groups excluding carboxylic acids is 1. The van der Waals surface area contributed by atoms with Crippen LogP contribution in [0.4, 0.5) is 9.18 Å². The van der Waals surface area contributed by atoms with Gasteiger partial charge < -0.3 is 14.5 Å². The third-order valence-corrected chi connectivity index (χ3v) is 7.10. The number of halogens is 1. The number of ether oxygens (including phenoxy) is 1.